The van der Waals surface area contributed by atoms with Crippen molar-refractivity contribution in [3.8, 4) is 0 Å². The average molecular weight is 428 g/mol. The lowest BCUT2D eigenvalue weighted by molar-refractivity contribution is -0.173. The zero-order chi connectivity index (χ0) is 22.2. The zero-order valence-electron chi connectivity index (χ0n) is 18.2. The molecule has 3 N–H and O–H groups in total. The Balaban J connectivity index is 0.000000628. The van der Waals surface area contributed by atoms with E-state index in [2.05, 4.69) is 36.5 Å². The third-order valence-electron chi connectivity index (χ3n) is 5.83. The number of benzene rings is 2. The summed E-state index contributed by atoms with van der Waals surface area (Å²) in [5.41, 5.74) is 2.27. The lowest BCUT2D eigenvalue weighted by Gasteiger charge is -2.42. The van der Waals surface area contributed by atoms with E-state index in [4.69, 9.17) is 19.4 Å². The van der Waals surface area contributed by atoms with Crippen LogP contribution in [0.4, 0.5) is 0 Å². The van der Waals surface area contributed by atoms with Crippen LogP contribution < -0.4 is 5.32 Å². The highest BCUT2D eigenvalue weighted by atomic mass is 16.5. The molecule has 1 aliphatic carbocycles. The SMILES string of the molecule is CC(=O)O.C[C@H]1C[C@H]2[C@H](OCc3ccccc3)[C@H](OCc3ccccc3)[C@H](O)C[C@H]2N1. The molecule has 2 fully saturated rings. The largest absolute Gasteiger partial charge is 0.481 e. The summed E-state index contributed by atoms with van der Waals surface area (Å²) in [7, 11) is 0. The van der Waals surface area contributed by atoms with E-state index in [-0.39, 0.29) is 12.2 Å². The Hall–Kier alpha value is -2.25. The minimum Gasteiger partial charge on any atom is -0.481 e. The van der Waals surface area contributed by atoms with Crippen molar-refractivity contribution in [1.29, 1.82) is 0 Å². The fourth-order valence-corrected chi connectivity index (χ4v) is 4.55. The van der Waals surface area contributed by atoms with E-state index < -0.39 is 12.1 Å². The molecule has 4 rings (SSSR count). The van der Waals surface area contributed by atoms with Gasteiger partial charge < -0.3 is 25.0 Å². The average Bonchev–Trinajstić information content (AvgIpc) is 3.11. The highest BCUT2D eigenvalue weighted by Crippen LogP contribution is 2.37. The Morgan fingerprint density at radius 2 is 1.42 bits per heavy atom. The first-order valence-corrected chi connectivity index (χ1v) is 10.9. The number of aliphatic hydroxyl groups is 1. The quantitative estimate of drug-likeness (QED) is 0.655. The van der Waals surface area contributed by atoms with Crippen LogP contribution in [0.5, 0.6) is 0 Å². The van der Waals surface area contributed by atoms with E-state index in [9.17, 15) is 5.11 Å². The molecule has 1 aliphatic heterocycles. The van der Waals surface area contributed by atoms with Gasteiger partial charge in [-0.3, -0.25) is 4.79 Å². The van der Waals surface area contributed by atoms with Crippen LogP contribution in [-0.2, 0) is 27.5 Å². The van der Waals surface area contributed by atoms with Gasteiger partial charge in [-0.2, -0.15) is 0 Å². The first-order chi connectivity index (χ1) is 14.9. The smallest absolute Gasteiger partial charge is 0.300 e. The molecule has 6 nitrogen and oxygen atoms in total. The van der Waals surface area contributed by atoms with Gasteiger partial charge in [0.15, 0.2) is 0 Å². The van der Waals surface area contributed by atoms with E-state index in [0.717, 1.165) is 30.9 Å². The minimum absolute atomic E-state index is 0.111. The number of carbonyl (C=O) groups is 1. The molecule has 2 aromatic carbocycles. The molecule has 1 saturated heterocycles. The summed E-state index contributed by atoms with van der Waals surface area (Å²) < 4.78 is 12.6. The van der Waals surface area contributed by atoms with Crippen LogP contribution in [0.25, 0.3) is 0 Å². The van der Waals surface area contributed by atoms with Crippen LogP contribution in [-0.4, -0.2) is 46.6 Å². The van der Waals surface area contributed by atoms with Crippen molar-refractivity contribution in [1.82, 2.24) is 5.32 Å². The number of aliphatic carboxylic acids is 1. The third kappa shape index (κ3) is 6.87. The number of aliphatic hydroxyl groups excluding tert-OH is 1. The van der Waals surface area contributed by atoms with Gasteiger partial charge in [0.05, 0.1) is 25.4 Å². The van der Waals surface area contributed by atoms with Gasteiger partial charge in [-0.25, -0.2) is 0 Å². The molecule has 1 saturated carbocycles. The molecule has 2 aliphatic rings. The third-order valence-corrected chi connectivity index (χ3v) is 5.83. The standard InChI is InChI=1S/C23H29NO3.C2H4O2/c1-16-12-19-20(24-16)13-21(25)23(27-15-18-10-6-3-7-11-18)22(19)26-14-17-8-4-2-5-9-17;1-2(3)4/h2-11,16,19-25H,12-15H2,1H3;1H3,(H,3,4)/t16-,19+,20+,21+,22-,23+;/m0./s1. The maximum absolute atomic E-state index is 10.8. The second-order valence-corrected chi connectivity index (χ2v) is 8.42. The van der Waals surface area contributed by atoms with Gasteiger partial charge in [0, 0.05) is 24.9 Å². The number of nitrogens with one attached hydrogen (secondary N) is 1. The Morgan fingerprint density at radius 1 is 0.935 bits per heavy atom. The summed E-state index contributed by atoms with van der Waals surface area (Å²) in [4.78, 5) is 9.00. The van der Waals surface area contributed by atoms with Crippen molar-refractivity contribution >= 4 is 5.97 Å². The maximum atomic E-state index is 10.8. The summed E-state index contributed by atoms with van der Waals surface area (Å²) in [5, 5.41) is 21.8. The highest BCUT2D eigenvalue weighted by Gasteiger charge is 2.49. The molecule has 6 atom stereocenters. The van der Waals surface area contributed by atoms with E-state index in [1.165, 1.54) is 0 Å². The number of carboxylic acid groups (broad SMARTS) is 1. The molecule has 0 radical (unpaired) electrons. The van der Waals surface area contributed by atoms with Gasteiger partial charge in [-0.15, -0.1) is 0 Å². The predicted octanol–water partition coefficient (Wildman–Crippen LogP) is 3.38. The van der Waals surface area contributed by atoms with Crippen molar-refractivity contribution in [2.75, 3.05) is 0 Å². The maximum Gasteiger partial charge on any atom is 0.300 e. The lowest BCUT2D eigenvalue weighted by atomic mass is 9.78. The normalized spacial score (nSPS) is 29.5. The van der Waals surface area contributed by atoms with Crippen LogP contribution in [0.2, 0.25) is 0 Å². The fraction of sp³-hybridized carbons (Fsp3) is 0.480. The number of hydrogen-bond donors (Lipinski definition) is 3. The van der Waals surface area contributed by atoms with Crippen LogP contribution in [0.3, 0.4) is 0 Å². The number of fused-ring (bicyclic) bond motifs is 1. The monoisotopic (exact) mass is 427 g/mol. The molecule has 0 aromatic heterocycles. The number of rotatable bonds is 6. The number of ether oxygens (including phenoxy) is 2. The second kappa shape index (κ2) is 11.4. The Bertz CT molecular complexity index is 796. The molecule has 31 heavy (non-hydrogen) atoms. The van der Waals surface area contributed by atoms with Crippen LogP contribution >= 0.6 is 0 Å². The molecule has 2 aromatic rings. The van der Waals surface area contributed by atoms with Crippen molar-refractivity contribution in [2.45, 2.75) is 70.3 Å². The molecule has 0 unspecified atom stereocenters. The van der Waals surface area contributed by atoms with Gasteiger partial charge in [0.25, 0.3) is 5.97 Å². The van der Waals surface area contributed by atoms with Gasteiger partial charge >= 0.3 is 0 Å². The van der Waals surface area contributed by atoms with Crippen molar-refractivity contribution in [2.24, 2.45) is 5.92 Å². The summed E-state index contributed by atoms with van der Waals surface area (Å²) in [6.45, 7) is 4.33. The summed E-state index contributed by atoms with van der Waals surface area (Å²) >= 11 is 0. The van der Waals surface area contributed by atoms with Crippen LogP contribution in [0, 0.1) is 5.92 Å². The zero-order valence-corrected chi connectivity index (χ0v) is 18.2. The minimum atomic E-state index is -0.833. The van der Waals surface area contributed by atoms with Gasteiger partial charge in [0.2, 0.25) is 0 Å². The number of hydrogen-bond acceptors (Lipinski definition) is 5. The first-order valence-electron chi connectivity index (χ1n) is 10.9. The van der Waals surface area contributed by atoms with Gasteiger partial charge in [-0.1, -0.05) is 60.7 Å². The van der Waals surface area contributed by atoms with Gasteiger partial charge in [-0.05, 0) is 30.9 Å². The van der Waals surface area contributed by atoms with E-state index in [1.807, 2.05) is 36.4 Å². The van der Waals surface area contributed by atoms with Gasteiger partial charge in [0.1, 0.15) is 6.10 Å². The fourth-order valence-electron chi connectivity index (χ4n) is 4.55. The molecular weight excluding hydrogens is 394 g/mol. The van der Waals surface area contributed by atoms with Crippen LogP contribution in [0.1, 0.15) is 37.8 Å². The lowest BCUT2D eigenvalue weighted by Crippen LogP contribution is -2.55. The summed E-state index contributed by atoms with van der Waals surface area (Å²) in [5.74, 6) is -0.465. The van der Waals surface area contributed by atoms with E-state index in [1.54, 1.807) is 0 Å². The Morgan fingerprint density at radius 3 is 1.94 bits per heavy atom. The Kier molecular flexibility index (Phi) is 8.60. The number of carboxylic acids is 1. The Labute approximate surface area is 184 Å². The molecule has 168 valence electrons. The molecular formula is C25H33NO5. The molecule has 1 heterocycles. The highest BCUT2D eigenvalue weighted by molar-refractivity contribution is 5.62. The summed E-state index contributed by atoms with van der Waals surface area (Å²) in [6.07, 6.45) is 0.845. The molecule has 0 spiro atoms. The molecule has 6 heteroatoms. The second-order valence-electron chi connectivity index (χ2n) is 8.42. The van der Waals surface area contributed by atoms with Crippen LogP contribution in [0.15, 0.2) is 60.7 Å². The van der Waals surface area contributed by atoms with Crippen molar-refractivity contribution in [3.05, 3.63) is 71.8 Å². The molecule has 0 amide bonds. The predicted molar refractivity (Wildman–Crippen MR) is 118 cm³/mol. The summed E-state index contributed by atoms with van der Waals surface area (Å²) in [6, 6.07) is 21.1. The van der Waals surface area contributed by atoms with Crippen molar-refractivity contribution < 1.29 is 24.5 Å². The molecule has 0 bridgehead atoms. The van der Waals surface area contributed by atoms with E-state index >= 15 is 0 Å². The first kappa shape index (κ1) is 23.4. The topological polar surface area (TPSA) is 88.0 Å². The van der Waals surface area contributed by atoms with Crippen molar-refractivity contribution in [3.63, 3.8) is 0 Å². The van der Waals surface area contributed by atoms with E-state index in [0.29, 0.717) is 31.2 Å².